The van der Waals surface area contributed by atoms with Crippen LogP contribution in [0.4, 0.5) is 5.82 Å². The first-order valence-electron chi connectivity index (χ1n) is 7.00. The number of anilines is 1. The molecule has 5 nitrogen and oxygen atoms in total. The van der Waals surface area contributed by atoms with E-state index in [9.17, 15) is 4.79 Å². The van der Waals surface area contributed by atoms with Crippen LogP contribution < -0.4 is 11.1 Å². The van der Waals surface area contributed by atoms with Crippen LogP contribution in [0.5, 0.6) is 0 Å². The number of carbonyl (C=O) groups excluding carboxylic acids is 1. The van der Waals surface area contributed by atoms with E-state index in [0.29, 0.717) is 25.1 Å². The Morgan fingerprint density at radius 1 is 1.18 bits per heavy atom. The summed E-state index contributed by atoms with van der Waals surface area (Å²) < 4.78 is 0. The largest absolute Gasteiger partial charge is 0.376 e. The van der Waals surface area contributed by atoms with E-state index < -0.39 is 0 Å². The number of pyridine rings is 1. The van der Waals surface area contributed by atoms with Gasteiger partial charge < -0.3 is 11.1 Å². The molecule has 2 rings (SSSR count). The Morgan fingerprint density at radius 3 is 2.55 bits per heavy atom. The molecule has 1 aromatic heterocycles. The molecule has 0 unspecified atom stereocenters. The average Bonchev–Trinajstić information content (AvgIpc) is 2.56. The number of thiocarbonyl (C=S) groups is 1. The number of aromatic nitrogens is 1. The molecule has 0 aliphatic carbocycles. The summed E-state index contributed by atoms with van der Waals surface area (Å²) >= 11 is 4.99. The second-order valence-electron chi connectivity index (χ2n) is 4.66. The molecular formula is C16H18N4OS. The van der Waals surface area contributed by atoms with E-state index in [1.165, 1.54) is 4.90 Å². The van der Waals surface area contributed by atoms with Crippen LogP contribution in [0, 0.1) is 0 Å². The first-order chi connectivity index (χ1) is 10.7. The quantitative estimate of drug-likeness (QED) is 0.632. The molecule has 0 saturated heterocycles. The van der Waals surface area contributed by atoms with Crippen molar-refractivity contribution in [3.05, 3.63) is 60.3 Å². The molecule has 0 fully saturated rings. The van der Waals surface area contributed by atoms with E-state index in [1.54, 1.807) is 18.3 Å². The summed E-state index contributed by atoms with van der Waals surface area (Å²) in [6.45, 7) is 1.14. The van der Waals surface area contributed by atoms with Gasteiger partial charge in [-0.1, -0.05) is 24.3 Å². The number of amides is 1. The topological polar surface area (TPSA) is 71.2 Å². The molecule has 0 aliphatic rings. The van der Waals surface area contributed by atoms with E-state index in [0.717, 1.165) is 5.82 Å². The summed E-state index contributed by atoms with van der Waals surface area (Å²) in [5.74, 6) is 0.629. The highest BCUT2D eigenvalue weighted by molar-refractivity contribution is 7.80. The van der Waals surface area contributed by atoms with Gasteiger partial charge in [-0.15, -0.1) is 0 Å². The number of hydrogen-bond donors (Lipinski definition) is 2. The highest BCUT2D eigenvalue weighted by Crippen LogP contribution is 2.06. The van der Waals surface area contributed by atoms with E-state index in [2.05, 4.69) is 10.3 Å². The smallest absolute Gasteiger partial charge is 0.260 e. The minimum atomic E-state index is -0.175. The molecule has 0 saturated carbocycles. The number of nitrogens with one attached hydrogen (secondary N) is 1. The van der Waals surface area contributed by atoms with Crippen molar-refractivity contribution >= 4 is 29.1 Å². The van der Waals surface area contributed by atoms with Gasteiger partial charge in [0.25, 0.3) is 5.91 Å². The van der Waals surface area contributed by atoms with Crippen molar-refractivity contribution in [1.29, 1.82) is 0 Å². The lowest BCUT2D eigenvalue weighted by Gasteiger charge is -2.21. The summed E-state index contributed by atoms with van der Waals surface area (Å²) in [5, 5.41) is 3.27. The monoisotopic (exact) mass is 314 g/mol. The number of rotatable bonds is 6. The number of hydrogen-bond acceptors (Lipinski definition) is 4. The molecule has 1 amide bonds. The Morgan fingerprint density at radius 2 is 1.91 bits per heavy atom. The van der Waals surface area contributed by atoms with Crippen LogP contribution in [0.15, 0.2) is 54.7 Å². The Kier molecular flexibility index (Phi) is 5.85. The molecule has 2 aromatic rings. The van der Waals surface area contributed by atoms with Crippen LogP contribution in [0.2, 0.25) is 0 Å². The van der Waals surface area contributed by atoms with Crippen LogP contribution in [0.25, 0.3) is 0 Å². The average molecular weight is 314 g/mol. The van der Waals surface area contributed by atoms with Crippen molar-refractivity contribution in [1.82, 2.24) is 9.88 Å². The summed E-state index contributed by atoms with van der Waals surface area (Å²) in [6, 6.07) is 14.6. The normalized spacial score (nSPS) is 10.0. The van der Waals surface area contributed by atoms with Gasteiger partial charge in [0, 0.05) is 24.8 Å². The van der Waals surface area contributed by atoms with E-state index in [-0.39, 0.29) is 11.0 Å². The molecule has 3 N–H and O–H groups in total. The molecule has 0 spiro atoms. The maximum atomic E-state index is 12.4. The second-order valence-corrected chi connectivity index (χ2v) is 5.07. The molecule has 114 valence electrons. The first-order valence-corrected chi connectivity index (χ1v) is 7.40. The van der Waals surface area contributed by atoms with Crippen molar-refractivity contribution in [3.63, 3.8) is 0 Å². The number of nitrogens with zero attached hydrogens (tertiary/aromatic N) is 2. The third-order valence-corrected chi connectivity index (χ3v) is 3.28. The third kappa shape index (κ3) is 4.53. The molecule has 6 heteroatoms. The van der Waals surface area contributed by atoms with Gasteiger partial charge in [0.2, 0.25) is 0 Å². The fourth-order valence-corrected chi connectivity index (χ4v) is 2.14. The van der Waals surface area contributed by atoms with Gasteiger partial charge in [-0.3, -0.25) is 9.69 Å². The Bertz CT molecular complexity index is 619. The summed E-state index contributed by atoms with van der Waals surface area (Å²) in [6.07, 6.45) is 2.44. The lowest BCUT2D eigenvalue weighted by molar-refractivity contribution is 0.0848. The van der Waals surface area contributed by atoms with E-state index in [1.807, 2.05) is 36.4 Å². The van der Waals surface area contributed by atoms with Crippen molar-refractivity contribution in [2.24, 2.45) is 5.73 Å². The Hall–Kier alpha value is -2.47. The number of nitrogens with two attached hydrogens (primary N) is 1. The number of benzene rings is 1. The van der Waals surface area contributed by atoms with Crippen LogP contribution in [0.3, 0.4) is 0 Å². The zero-order valence-corrected chi connectivity index (χ0v) is 12.9. The highest BCUT2D eigenvalue weighted by Gasteiger charge is 2.17. The van der Waals surface area contributed by atoms with Crippen LogP contribution >= 0.6 is 12.2 Å². The molecule has 1 aromatic carbocycles. The van der Waals surface area contributed by atoms with Gasteiger partial charge in [0.15, 0.2) is 5.11 Å². The molecule has 1 heterocycles. The minimum absolute atomic E-state index is 0.0895. The van der Waals surface area contributed by atoms with Gasteiger partial charge >= 0.3 is 0 Å². The van der Waals surface area contributed by atoms with E-state index >= 15 is 0 Å². The molecule has 0 atom stereocenters. The predicted octanol–water partition coefficient (Wildman–Crippen LogP) is 2.27. The highest BCUT2D eigenvalue weighted by atomic mass is 32.1. The third-order valence-electron chi connectivity index (χ3n) is 3.06. The maximum absolute atomic E-state index is 12.4. The van der Waals surface area contributed by atoms with Gasteiger partial charge in [0.1, 0.15) is 5.82 Å². The molecular weight excluding hydrogens is 296 g/mol. The SMILES string of the molecule is NC(=S)N(CCCNc1ccccn1)C(=O)c1ccccc1. The fraction of sp³-hybridized carbons (Fsp3) is 0.188. The molecule has 0 bridgehead atoms. The van der Waals surface area contributed by atoms with Gasteiger partial charge in [-0.25, -0.2) is 4.98 Å². The maximum Gasteiger partial charge on any atom is 0.260 e. The van der Waals surface area contributed by atoms with Gasteiger partial charge in [-0.2, -0.15) is 0 Å². The van der Waals surface area contributed by atoms with Crippen LogP contribution in [0.1, 0.15) is 16.8 Å². The van der Waals surface area contributed by atoms with Crippen molar-refractivity contribution in [3.8, 4) is 0 Å². The van der Waals surface area contributed by atoms with Gasteiger partial charge in [-0.05, 0) is 42.9 Å². The second kappa shape index (κ2) is 8.09. The lowest BCUT2D eigenvalue weighted by atomic mass is 10.2. The Balaban J connectivity index is 1.87. The van der Waals surface area contributed by atoms with Crippen molar-refractivity contribution in [2.45, 2.75) is 6.42 Å². The zero-order chi connectivity index (χ0) is 15.8. The van der Waals surface area contributed by atoms with Crippen LogP contribution in [-0.4, -0.2) is 34.0 Å². The summed E-state index contributed by atoms with van der Waals surface area (Å²) in [7, 11) is 0. The first kappa shape index (κ1) is 15.9. The van der Waals surface area contributed by atoms with Crippen molar-refractivity contribution in [2.75, 3.05) is 18.4 Å². The Labute approximate surface area is 135 Å². The fourth-order valence-electron chi connectivity index (χ4n) is 1.97. The standard InChI is InChI=1S/C16H18N4OS/c17-16(22)20(15(21)13-7-2-1-3-8-13)12-6-11-19-14-9-4-5-10-18-14/h1-5,7-10H,6,11-12H2,(H2,17,22)(H,18,19). The molecule has 0 aliphatic heterocycles. The zero-order valence-electron chi connectivity index (χ0n) is 12.1. The summed E-state index contributed by atoms with van der Waals surface area (Å²) in [4.78, 5) is 18.0. The number of carbonyl (C=O) groups is 1. The minimum Gasteiger partial charge on any atom is -0.376 e. The van der Waals surface area contributed by atoms with Crippen LogP contribution in [-0.2, 0) is 0 Å². The summed E-state index contributed by atoms with van der Waals surface area (Å²) in [5.41, 5.74) is 6.25. The van der Waals surface area contributed by atoms with Crippen molar-refractivity contribution < 1.29 is 4.79 Å². The molecule has 22 heavy (non-hydrogen) atoms. The van der Waals surface area contributed by atoms with Gasteiger partial charge in [0.05, 0.1) is 0 Å². The lowest BCUT2D eigenvalue weighted by Crippen LogP contribution is -2.41. The van der Waals surface area contributed by atoms with E-state index in [4.69, 9.17) is 18.0 Å². The molecule has 0 radical (unpaired) electrons. The predicted molar refractivity (Wildman–Crippen MR) is 91.6 cm³/mol.